The van der Waals surface area contributed by atoms with E-state index in [1.807, 2.05) is 0 Å². The molecule has 0 aromatic heterocycles. The zero-order valence-corrected chi connectivity index (χ0v) is 8.06. The van der Waals surface area contributed by atoms with Crippen LogP contribution in [0.15, 0.2) is 0 Å². The lowest BCUT2D eigenvalue weighted by atomic mass is 10.0. The van der Waals surface area contributed by atoms with E-state index in [2.05, 4.69) is 22.9 Å². The fraction of sp³-hybridized carbons (Fsp3) is 1.00. The van der Waals surface area contributed by atoms with Crippen LogP contribution in [0.4, 0.5) is 0 Å². The molecule has 1 saturated heterocycles. The number of hydrogen-bond donors (Lipinski definition) is 0. The van der Waals surface area contributed by atoms with E-state index < -0.39 is 0 Å². The maximum atomic E-state index is 5.50. The van der Waals surface area contributed by atoms with Crippen LogP contribution in [0.5, 0.6) is 0 Å². The monoisotopic (exact) mass is 206 g/mol. The zero-order chi connectivity index (χ0) is 7.40. The lowest BCUT2D eigenvalue weighted by Crippen LogP contribution is -2.10. The summed E-state index contributed by atoms with van der Waals surface area (Å²) in [5, 5.41) is 1.10. The first kappa shape index (κ1) is 8.54. The second-order valence-corrected chi connectivity index (χ2v) is 3.78. The molecule has 0 spiro atoms. The summed E-state index contributed by atoms with van der Waals surface area (Å²) >= 11 is 3.47. The first-order valence-corrected chi connectivity index (χ1v) is 5.12. The van der Waals surface area contributed by atoms with Gasteiger partial charge in [0.15, 0.2) is 0 Å². The van der Waals surface area contributed by atoms with Crippen LogP contribution in [0.3, 0.4) is 0 Å². The number of rotatable bonds is 3. The fourth-order valence-corrected chi connectivity index (χ4v) is 1.61. The molecule has 0 radical (unpaired) electrons. The Bertz CT molecular complexity index is 89.3. The second-order valence-electron chi connectivity index (χ2n) is 3.13. The maximum absolute atomic E-state index is 5.50. The van der Waals surface area contributed by atoms with E-state index in [0.29, 0.717) is 6.10 Å². The molecule has 2 atom stereocenters. The van der Waals surface area contributed by atoms with Crippen molar-refractivity contribution in [2.45, 2.75) is 32.3 Å². The Labute approximate surface area is 71.3 Å². The Morgan fingerprint density at radius 3 is 3.00 bits per heavy atom. The molecule has 1 rings (SSSR count). The smallest absolute Gasteiger partial charge is 0.0578 e. The molecule has 1 heterocycles. The van der Waals surface area contributed by atoms with Gasteiger partial charge in [0.05, 0.1) is 6.10 Å². The third kappa shape index (κ3) is 2.59. The van der Waals surface area contributed by atoms with E-state index in [1.165, 1.54) is 19.3 Å². The molecule has 0 N–H and O–H groups in total. The van der Waals surface area contributed by atoms with Crippen molar-refractivity contribution in [3.63, 3.8) is 0 Å². The van der Waals surface area contributed by atoms with Crippen molar-refractivity contribution in [3.8, 4) is 0 Å². The zero-order valence-electron chi connectivity index (χ0n) is 6.48. The molecular formula is C8H15BrO. The highest BCUT2D eigenvalue weighted by molar-refractivity contribution is 9.09. The lowest BCUT2D eigenvalue weighted by Gasteiger charge is -2.12. The van der Waals surface area contributed by atoms with Crippen LogP contribution in [0.1, 0.15) is 26.2 Å². The molecule has 1 nitrogen and oxygen atoms in total. The third-order valence-corrected chi connectivity index (χ3v) is 3.06. The molecule has 60 valence electrons. The van der Waals surface area contributed by atoms with Crippen molar-refractivity contribution in [3.05, 3.63) is 0 Å². The van der Waals surface area contributed by atoms with E-state index in [1.54, 1.807) is 0 Å². The Kier molecular flexibility index (Phi) is 3.71. The van der Waals surface area contributed by atoms with Gasteiger partial charge in [-0.1, -0.05) is 22.9 Å². The molecule has 0 bridgehead atoms. The molecular weight excluding hydrogens is 192 g/mol. The van der Waals surface area contributed by atoms with Gasteiger partial charge in [0, 0.05) is 11.9 Å². The Balaban J connectivity index is 2.11. The highest BCUT2D eigenvalue weighted by Crippen LogP contribution is 2.20. The van der Waals surface area contributed by atoms with E-state index in [0.717, 1.165) is 17.9 Å². The van der Waals surface area contributed by atoms with Gasteiger partial charge < -0.3 is 4.74 Å². The minimum absolute atomic E-state index is 0.563. The quantitative estimate of drug-likeness (QED) is 0.646. The summed E-state index contributed by atoms with van der Waals surface area (Å²) < 4.78 is 5.50. The minimum atomic E-state index is 0.563. The predicted molar refractivity (Wildman–Crippen MR) is 46.5 cm³/mol. The summed E-state index contributed by atoms with van der Waals surface area (Å²) in [6.45, 7) is 3.25. The van der Waals surface area contributed by atoms with E-state index in [9.17, 15) is 0 Å². The van der Waals surface area contributed by atoms with Gasteiger partial charge in [0.25, 0.3) is 0 Å². The molecule has 2 heteroatoms. The standard InChI is InChI=1S/C8H15BrO/c1-7(6-9)5-8-3-2-4-10-8/h7-8H,2-6H2,1H3. The van der Waals surface area contributed by atoms with Crippen molar-refractivity contribution >= 4 is 15.9 Å². The van der Waals surface area contributed by atoms with Gasteiger partial charge in [-0.3, -0.25) is 0 Å². The molecule has 0 saturated carbocycles. The summed E-state index contributed by atoms with van der Waals surface area (Å²) in [4.78, 5) is 0. The largest absolute Gasteiger partial charge is 0.378 e. The molecule has 2 unspecified atom stereocenters. The number of halogens is 1. The summed E-state index contributed by atoms with van der Waals surface area (Å²) in [5.41, 5.74) is 0. The summed E-state index contributed by atoms with van der Waals surface area (Å²) in [7, 11) is 0. The molecule has 0 amide bonds. The van der Waals surface area contributed by atoms with Gasteiger partial charge >= 0.3 is 0 Å². The number of ether oxygens (including phenoxy) is 1. The average Bonchev–Trinajstić information content (AvgIpc) is 2.40. The van der Waals surface area contributed by atoms with Crippen LogP contribution >= 0.6 is 15.9 Å². The normalized spacial score (nSPS) is 28.8. The highest BCUT2D eigenvalue weighted by atomic mass is 79.9. The van der Waals surface area contributed by atoms with Gasteiger partial charge in [-0.15, -0.1) is 0 Å². The lowest BCUT2D eigenvalue weighted by molar-refractivity contribution is 0.0945. The van der Waals surface area contributed by atoms with Gasteiger partial charge in [0.2, 0.25) is 0 Å². The third-order valence-electron chi connectivity index (χ3n) is 1.95. The molecule has 1 aliphatic heterocycles. The van der Waals surface area contributed by atoms with Crippen LogP contribution in [0.2, 0.25) is 0 Å². The first-order chi connectivity index (χ1) is 4.83. The summed E-state index contributed by atoms with van der Waals surface area (Å²) in [5.74, 6) is 0.767. The number of alkyl halides is 1. The van der Waals surface area contributed by atoms with Gasteiger partial charge in [-0.05, 0) is 25.2 Å². The predicted octanol–water partition coefficient (Wildman–Crippen LogP) is 2.59. The van der Waals surface area contributed by atoms with Crippen molar-refractivity contribution in [1.29, 1.82) is 0 Å². The molecule has 10 heavy (non-hydrogen) atoms. The van der Waals surface area contributed by atoms with Crippen LogP contribution in [0.25, 0.3) is 0 Å². The summed E-state index contributed by atoms with van der Waals surface area (Å²) in [6, 6.07) is 0. The van der Waals surface area contributed by atoms with Crippen LogP contribution < -0.4 is 0 Å². The van der Waals surface area contributed by atoms with Gasteiger partial charge in [-0.25, -0.2) is 0 Å². The average molecular weight is 207 g/mol. The fourth-order valence-electron chi connectivity index (χ4n) is 1.34. The van der Waals surface area contributed by atoms with Crippen LogP contribution in [-0.2, 0) is 4.74 Å². The molecule has 0 aromatic rings. The summed E-state index contributed by atoms with van der Waals surface area (Å²) in [6.07, 6.45) is 4.33. The molecule has 1 fully saturated rings. The van der Waals surface area contributed by atoms with Crippen LogP contribution in [-0.4, -0.2) is 18.0 Å². The Morgan fingerprint density at radius 1 is 1.70 bits per heavy atom. The topological polar surface area (TPSA) is 9.23 Å². The van der Waals surface area contributed by atoms with E-state index in [4.69, 9.17) is 4.74 Å². The maximum Gasteiger partial charge on any atom is 0.0578 e. The Hall–Kier alpha value is 0.440. The van der Waals surface area contributed by atoms with E-state index >= 15 is 0 Å². The SMILES string of the molecule is CC(CBr)CC1CCCO1. The molecule has 1 aliphatic rings. The van der Waals surface area contributed by atoms with E-state index in [-0.39, 0.29) is 0 Å². The molecule has 0 aliphatic carbocycles. The van der Waals surface area contributed by atoms with Gasteiger partial charge in [0.1, 0.15) is 0 Å². The second kappa shape index (κ2) is 4.35. The van der Waals surface area contributed by atoms with Crippen molar-refractivity contribution < 1.29 is 4.74 Å². The minimum Gasteiger partial charge on any atom is -0.378 e. The van der Waals surface area contributed by atoms with Crippen molar-refractivity contribution in [2.24, 2.45) is 5.92 Å². The Morgan fingerprint density at radius 2 is 2.50 bits per heavy atom. The van der Waals surface area contributed by atoms with Gasteiger partial charge in [-0.2, -0.15) is 0 Å². The molecule has 0 aromatic carbocycles. The first-order valence-electron chi connectivity index (χ1n) is 4.00. The van der Waals surface area contributed by atoms with Crippen molar-refractivity contribution in [2.75, 3.05) is 11.9 Å². The number of hydrogen-bond acceptors (Lipinski definition) is 1. The van der Waals surface area contributed by atoms with Crippen LogP contribution in [0, 0.1) is 5.92 Å². The highest BCUT2D eigenvalue weighted by Gasteiger charge is 2.17. The van der Waals surface area contributed by atoms with Crippen molar-refractivity contribution in [1.82, 2.24) is 0 Å².